The van der Waals surface area contributed by atoms with E-state index in [1.54, 1.807) is 0 Å². The van der Waals surface area contributed by atoms with Crippen molar-refractivity contribution in [3.05, 3.63) is 0 Å². The number of cyclic esters (lactones) is 1. The summed E-state index contributed by atoms with van der Waals surface area (Å²) in [4.78, 5) is 11.1. The molecule has 0 radical (unpaired) electrons. The first kappa shape index (κ1) is 10.1. The third-order valence-corrected chi connectivity index (χ3v) is 3.32. The van der Waals surface area contributed by atoms with E-state index in [2.05, 4.69) is 0 Å². The van der Waals surface area contributed by atoms with Gasteiger partial charge in [0.2, 0.25) is 0 Å². The fourth-order valence-electron chi connectivity index (χ4n) is 1.19. The Hall–Kier alpha value is 0.0500. The molecule has 1 fully saturated rings. The van der Waals surface area contributed by atoms with Crippen molar-refractivity contribution in [2.45, 2.75) is 30.5 Å². The summed E-state index contributed by atoms with van der Waals surface area (Å²) in [7, 11) is 0. The summed E-state index contributed by atoms with van der Waals surface area (Å²) in [6.45, 7) is 2.32. The minimum Gasteiger partial charge on any atom is -0.465 e. The fraction of sp³-hybridized carbons (Fsp3) is 0.875. The van der Waals surface area contributed by atoms with E-state index in [9.17, 15) is 4.79 Å². The van der Waals surface area contributed by atoms with Gasteiger partial charge in [0.05, 0.1) is 6.61 Å². The molecular weight excluding hydrogens is 199 g/mol. The molecule has 0 aromatic carbocycles. The van der Waals surface area contributed by atoms with E-state index in [4.69, 9.17) is 27.9 Å². The highest BCUT2D eigenvalue weighted by Gasteiger charge is 2.30. The molecule has 4 heteroatoms. The van der Waals surface area contributed by atoms with E-state index >= 15 is 0 Å². The van der Waals surface area contributed by atoms with Crippen LogP contribution in [0.3, 0.4) is 0 Å². The van der Waals surface area contributed by atoms with Crippen molar-refractivity contribution < 1.29 is 9.53 Å². The van der Waals surface area contributed by atoms with Gasteiger partial charge in [-0.3, -0.25) is 4.79 Å². The molecule has 0 aromatic rings. The topological polar surface area (TPSA) is 26.3 Å². The normalized spacial score (nSPS) is 38.2. The number of alkyl halides is 2. The highest BCUT2D eigenvalue weighted by Crippen LogP contribution is 2.25. The van der Waals surface area contributed by atoms with E-state index in [0.29, 0.717) is 6.61 Å². The second-order valence-corrected chi connectivity index (χ2v) is 4.12. The number of hydrogen-bond acceptors (Lipinski definition) is 2. The molecule has 1 heterocycles. The Balaban J connectivity index is 2.61. The van der Waals surface area contributed by atoms with Crippen LogP contribution in [0.1, 0.15) is 19.8 Å². The Kier molecular flexibility index (Phi) is 3.66. The van der Waals surface area contributed by atoms with E-state index in [0.717, 1.165) is 12.8 Å². The van der Waals surface area contributed by atoms with Gasteiger partial charge in [-0.25, -0.2) is 0 Å². The summed E-state index contributed by atoms with van der Waals surface area (Å²) >= 11 is 11.8. The van der Waals surface area contributed by atoms with Gasteiger partial charge in [0.1, 0.15) is 5.38 Å². The number of esters is 1. The van der Waals surface area contributed by atoms with Gasteiger partial charge in [0, 0.05) is 5.38 Å². The van der Waals surface area contributed by atoms with Gasteiger partial charge in [-0.1, -0.05) is 6.92 Å². The number of hydrogen-bond donors (Lipinski definition) is 0. The third kappa shape index (κ3) is 2.27. The Labute approximate surface area is 82.2 Å². The van der Waals surface area contributed by atoms with Crippen molar-refractivity contribution in [2.75, 3.05) is 6.61 Å². The summed E-state index contributed by atoms with van der Waals surface area (Å²) < 4.78 is 4.88. The van der Waals surface area contributed by atoms with Crippen LogP contribution < -0.4 is 0 Å². The van der Waals surface area contributed by atoms with Crippen LogP contribution in [0.25, 0.3) is 0 Å². The minimum atomic E-state index is -0.590. The molecule has 3 unspecified atom stereocenters. The molecule has 0 aliphatic carbocycles. The molecule has 1 aliphatic rings. The second kappa shape index (κ2) is 4.33. The highest BCUT2D eigenvalue weighted by molar-refractivity contribution is 6.31. The summed E-state index contributed by atoms with van der Waals surface area (Å²) in [5.41, 5.74) is 0. The molecule has 1 saturated heterocycles. The summed E-state index contributed by atoms with van der Waals surface area (Å²) in [6.07, 6.45) is 1.69. The number of rotatable bonds is 0. The zero-order valence-corrected chi connectivity index (χ0v) is 8.44. The van der Waals surface area contributed by atoms with Crippen LogP contribution >= 0.6 is 23.2 Å². The molecule has 1 aliphatic heterocycles. The lowest BCUT2D eigenvalue weighted by molar-refractivity contribution is -0.145. The lowest BCUT2D eigenvalue weighted by Crippen LogP contribution is -2.33. The van der Waals surface area contributed by atoms with Gasteiger partial charge < -0.3 is 4.74 Å². The molecule has 2 nitrogen and oxygen atoms in total. The van der Waals surface area contributed by atoms with E-state index in [1.807, 2.05) is 6.92 Å². The van der Waals surface area contributed by atoms with Gasteiger partial charge in [-0.2, -0.15) is 0 Å². The average molecular weight is 211 g/mol. The van der Waals surface area contributed by atoms with Crippen molar-refractivity contribution in [1.82, 2.24) is 0 Å². The molecule has 3 atom stereocenters. The number of carbonyl (C=O) groups excluding carboxylic acids is 1. The number of carbonyl (C=O) groups is 1. The maximum atomic E-state index is 11.1. The maximum Gasteiger partial charge on any atom is 0.324 e. The summed E-state index contributed by atoms with van der Waals surface area (Å²) in [5.74, 6) is -0.351. The molecule has 0 N–H and O–H groups in total. The van der Waals surface area contributed by atoms with E-state index < -0.39 is 5.38 Å². The zero-order chi connectivity index (χ0) is 9.14. The number of ether oxygens (including phenoxy) is 1. The highest BCUT2D eigenvalue weighted by atomic mass is 35.5. The smallest absolute Gasteiger partial charge is 0.324 e. The first-order valence-electron chi connectivity index (χ1n) is 4.07. The van der Waals surface area contributed by atoms with Gasteiger partial charge in [-0.15, -0.1) is 23.2 Å². The monoisotopic (exact) mass is 210 g/mol. The second-order valence-electron chi connectivity index (χ2n) is 3.09. The van der Waals surface area contributed by atoms with Crippen molar-refractivity contribution in [2.24, 2.45) is 5.92 Å². The van der Waals surface area contributed by atoms with Gasteiger partial charge >= 0.3 is 5.97 Å². The van der Waals surface area contributed by atoms with Crippen LogP contribution in [0.4, 0.5) is 0 Å². The molecule has 70 valence electrons. The standard InChI is InChI=1S/C8H12Cl2O2/c1-5-6(9)3-2-4-12-8(11)7(5)10/h5-7H,2-4H2,1H3. The van der Waals surface area contributed by atoms with Crippen LogP contribution in [0.5, 0.6) is 0 Å². The Morgan fingerprint density at radius 3 is 2.83 bits per heavy atom. The SMILES string of the molecule is CC1C(Cl)CCCOC(=O)C1Cl. The van der Waals surface area contributed by atoms with Crippen LogP contribution in [0, 0.1) is 5.92 Å². The molecular formula is C8H12Cl2O2. The first-order chi connectivity index (χ1) is 5.63. The van der Waals surface area contributed by atoms with Gasteiger partial charge in [0.15, 0.2) is 0 Å². The van der Waals surface area contributed by atoms with Crippen molar-refractivity contribution in [3.63, 3.8) is 0 Å². The molecule has 0 bridgehead atoms. The third-order valence-electron chi connectivity index (χ3n) is 2.13. The van der Waals surface area contributed by atoms with Crippen molar-refractivity contribution in [1.29, 1.82) is 0 Å². The number of halogens is 2. The van der Waals surface area contributed by atoms with E-state index in [1.165, 1.54) is 0 Å². The van der Waals surface area contributed by atoms with Crippen molar-refractivity contribution in [3.8, 4) is 0 Å². The zero-order valence-electron chi connectivity index (χ0n) is 6.93. The molecule has 12 heavy (non-hydrogen) atoms. The lowest BCUT2D eigenvalue weighted by atomic mass is 9.98. The van der Waals surface area contributed by atoms with Crippen LogP contribution in [0.2, 0.25) is 0 Å². The van der Waals surface area contributed by atoms with Gasteiger partial charge in [0.25, 0.3) is 0 Å². The van der Waals surface area contributed by atoms with Crippen molar-refractivity contribution >= 4 is 29.2 Å². The van der Waals surface area contributed by atoms with Crippen LogP contribution in [0.15, 0.2) is 0 Å². The van der Waals surface area contributed by atoms with Gasteiger partial charge in [-0.05, 0) is 18.8 Å². The molecule has 0 spiro atoms. The van der Waals surface area contributed by atoms with Crippen LogP contribution in [-0.4, -0.2) is 23.3 Å². The minimum absolute atomic E-state index is 0.0128. The quantitative estimate of drug-likeness (QED) is 0.453. The Morgan fingerprint density at radius 2 is 2.17 bits per heavy atom. The first-order valence-corrected chi connectivity index (χ1v) is 4.95. The van der Waals surface area contributed by atoms with Crippen LogP contribution in [-0.2, 0) is 9.53 Å². The maximum absolute atomic E-state index is 11.1. The molecule has 0 amide bonds. The largest absolute Gasteiger partial charge is 0.465 e. The predicted molar refractivity (Wildman–Crippen MR) is 48.6 cm³/mol. The molecule has 0 aromatic heterocycles. The summed E-state index contributed by atoms with van der Waals surface area (Å²) in [5, 5.41) is -0.604. The van der Waals surface area contributed by atoms with E-state index in [-0.39, 0.29) is 17.3 Å². The fourth-order valence-corrected chi connectivity index (χ4v) is 1.80. The summed E-state index contributed by atoms with van der Waals surface area (Å²) in [6, 6.07) is 0. The predicted octanol–water partition coefficient (Wildman–Crippen LogP) is 2.17. The molecule has 0 saturated carbocycles. The molecule has 1 rings (SSSR count). The average Bonchev–Trinajstić information content (AvgIpc) is 2.07. The Bertz CT molecular complexity index is 172. The lowest BCUT2D eigenvalue weighted by Gasteiger charge is -2.24. The Morgan fingerprint density at radius 1 is 1.50 bits per heavy atom.